The van der Waals surface area contributed by atoms with E-state index in [9.17, 15) is 27.9 Å². The van der Waals surface area contributed by atoms with Gasteiger partial charge in [-0.05, 0) is 46.8 Å². The highest BCUT2D eigenvalue weighted by Gasteiger charge is 2.41. The lowest BCUT2D eigenvalue weighted by atomic mass is 10.1. The molecule has 1 N–H and O–H groups in total. The van der Waals surface area contributed by atoms with Gasteiger partial charge in [0.05, 0.1) is 36.3 Å². The van der Waals surface area contributed by atoms with Gasteiger partial charge in [-0.1, -0.05) is 17.3 Å². The zero-order chi connectivity index (χ0) is 28.8. The van der Waals surface area contributed by atoms with Crippen LogP contribution in [0.25, 0.3) is 5.76 Å². The van der Waals surface area contributed by atoms with Crippen LogP contribution < -0.4 is 4.74 Å². The molecule has 0 radical (unpaired) electrons. The molecule has 1 aliphatic rings. The molecule has 1 atom stereocenters. The van der Waals surface area contributed by atoms with Crippen molar-refractivity contribution in [1.29, 1.82) is 0 Å². The summed E-state index contributed by atoms with van der Waals surface area (Å²) in [5.74, 6) is -1.74. The molecule has 1 aliphatic heterocycles. The van der Waals surface area contributed by atoms with Crippen molar-refractivity contribution in [3.8, 4) is 5.75 Å². The Hall–Kier alpha value is -3.74. The van der Waals surface area contributed by atoms with Crippen LogP contribution in [0.1, 0.15) is 46.6 Å². The molecule has 0 fully saturated rings. The second-order valence-corrected chi connectivity index (χ2v) is 8.89. The van der Waals surface area contributed by atoms with E-state index in [0.717, 1.165) is 11.9 Å². The van der Waals surface area contributed by atoms with E-state index >= 15 is 0 Å². The SMILES string of the molecule is COc1ccccc1/C(=C/N1C=C(/C(C)=N/OC(C)C)C(=O)N(N(C)C(=O)CC(F)(F)F)C1O)OC(C)C. The van der Waals surface area contributed by atoms with Crippen LogP contribution in [0.5, 0.6) is 5.75 Å². The van der Waals surface area contributed by atoms with Crippen LogP contribution in [-0.2, 0) is 19.2 Å². The van der Waals surface area contributed by atoms with Crippen LogP contribution in [0, 0.1) is 0 Å². The number of rotatable bonds is 10. The molecule has 0 aliphatic carbocycles. The Bertz CT molecular complexity index is 1100. The number of hydrazine groups is 1. The predicted molar refractivity (Wildman–Crippen MR) is 133 cm³/mol. The lowest BCUT2D eigenvalue weighted by Gasteiger charge is -2.42. The van der Waals surface area contributed by atoms with Crippen molar-refractivity contribution < 1.29 is 42.2 Å². The molecule has 1 aromatic carbocycles. The van der Waals surface area contributed by atoms with Crippen molar-refractivity contribution in [2.24, 2.45) is 5.16 Å². The van der Waals surface area contributed by atoms with E-state index in [2.05, 4.69) is 5.16 Å². The Balaban J connectivity index is 2.67. The fourth-order valence-electron chi connectivity index (χ4n) is 3.31. The first kappa shape index (κ1) is 30.5. The monoisotopic (exact) mass is 542 g/mol. The summed E-state index contributed by atoms with van der Waals surface area (Å²) in [5.41, 5.74) is 0.436. The van der Waals surface area contributed by atoms with Gasteiger partial charge in [0, 0.05) is 13.2 Å². The Kier molecular flexibility index (Phi) is 10.2. The fraction of sp³-hybridized carbons (Fsp3) is 0.480. The van der Waals surface area contributed by atoms with Crippen LogP contribution in [0.3, 0.4) is 0 Å². The Labute approximate surface area is 219 Å². The van der Waals surface area contributed by atoms with E-state index in [-0.39, 0.29) is 29.3 Å². The third kappa shape index (κ3) is 7.88. The molecular weight excluding hydrogens is 509 g/mol. The largest absolute Gasteiger partial charge is 0.496 e. The summed E-state index contributed by atoms with van der Waals surface area (Å²) >= 11 is 0. The van der Waals surface area contributed by atoms with Gasteiger partial charge in [0.25, 0.3) is 5.91 Å². The van der Waals surface area contributed by atoms with Crippen molar-refractivity contribution in [3.05, 3.63) is 47.8 Å². The number of halogens is 3. The van der Waals surface area contributed by atoms with Crippen LogP contribution >= 0.6 is 0 Å². The summed E-state index contributed by atoms with van der Waals surface area (Å²) in [5, 5.41) is 15.9. The van der Waals surface area contributed by atoms with E-state index in [4.69, 9.17) is 14.3 Å². The number of hydrogen-bond acceptors (Lipinski definition) is 8. The molecule has 2 amide bonds. The lowest BCUT2D eigenvalue weighted by molar-refractivity contribution is -0.205. The molecular formula is C25H33F3N4O6. The summed E-state index contributed by atoms with van der Waals surface area (Å²) in [4.78, 5) is 32.0. The van der Waals surface area contributed by atoms with E-state index in [0.29, 0.717) is 21.3 Å². The van der Waals surface area contributed by atoms with Gasteiger partial charge in [-0.3, -0.25) is 14.6 Å². The molecule has 1 aromatic rings. The van der Waals surface area contributed by atoms with Crippen molar-refractivity contribution >= 4 is 23.3 Å². The Morgan fingerprint density at radius 2 is 1.84 bits per heavy atom. The highest BCUT2D eigenvalue weighted by molar-refractivity contribution is 6.21. The number of aliphatic hydroxyl groups is 1. The first-order valence-corrected chi connectivity index (χ1v) is 11.7. The van der Waals surface area contributed by atoms with E-state index < -0.39 is 30.8 Å². The second-order valence-electron chi connectivity index (χ2n) is 8.89. The number of para-hydroxylation sites is 1. The van der Waals surface area contributed by atoms with E-state index in [1.165, 1.54) is 26.4 Å². The van der Waals surface area contributed by atoms with Gasteiger partial charge in [0.2, 0.25) is 12.3 Å². The standard InChI is InChI=1S/C25H33F3N4O6/c1-15(2)37-21(18-10-8-9-11-20(18)36-7)14-31-13-19(17(5)29-38-16(3)4)23(34)32(24(31)35)30(6)22(33)12-25(26,27)28/h8-11,13-16,24,35H,12H2,1-7H3/b21-14-,29-17+. The maximum absolute atomic E-state index is 13.3. The van der Waals surface area contributed by atoms with Gasteiger partial charge < -0.3 is 24.3 Å². The number of methoxy groups -OCH3 is 1. The summed E-state index contributed by atoms with van der Waals surface area (Å²) in [6.07, 6.45) is -6.62. The quantitative estimate of drug-likeness (QED) is 0.272. The number of oxime groups is 1. The Morgan fingerprint density at radius 1 is 1.21 bits per heavy atom. The number of carbonyl (C=O) groups excluding carboxylic acids is 2. The number of carbonyl (C=O) groups is 2. The molecule has 13 heteroatoms. The number of aliphatic hydroxyl groups excluding tert-OH is 1. The maximum Gasteiger partial charge on any atom is 0.397 e. The van der Waals surface area contributed by atoms with Gasteiger partial charge in [-0.15, -0.1) is 0 Å². The van der Waals surface area contributed by atoms with Crippen LogP contribution in [0.2, 0.25) is 0 Å². The summed E-state index contributed by atoms with van der Waals surface area (Å²) in [7, 11) is 2.43. The van der Waals surface area contributed by atoms with Crippen molar-refractivity contribution in [3.63, 3.8) is 0 Å². The van der Waals surface area contributed by atoms with E-state index in [1.54, 1.807) is 52.0 Å². The van der Waals surface area contributed by atoms with Crippen LogP contribution in [-0.4, -0.2) is 76.4 Å². The molecule has 0 saturated heterocycles. The van der Waals surface area contributed by atoms with Crippen molar-refractivity contribution in [2.75, 3.05) is 14.2 Å². The number of benzene rings is 1. The Morgan fingerprint density at radius 3 is 2.39 bits per heavy atom. The fourth-order valence-corrected chi connectivity index (χ4v) is 3.31. The average Bonchev–Trinajstić information content (AvgIpc) is 2.82. The smallest absolute Gasteiger partial charge is 0.397 e. The van der Waals surface area contributed by atoms with Gasteiger partial charge in [0.15, 0.2) is 0 Å². The third-order valence-corrected chi connectivity index (χ3v) is 5.03. The van der Waals surface area contributed by atoms with Crippen LogP contribution in [0.15, 0.2) is 47.4 Å². The molecule has 0 saturated carbocycles. The highest BCUT2D eigenvalue weighted by Crippen LogP contribution is 2.31. The number of ether oxygens (including phenoxy) is 2. The first-order chi connectivity index (χ1) is 17.7. The molecule has 38 heavy (non-hydrogen) atoms. The maximum atomic E-state index is 13.3. The van der Waals surface area contributed by atoms with Gasteiger partial charge >= 0.3 is 6.18 Å². The van der Waals surface area contributed by atoms with Gasteiger partial charge in [-0.2, -0.15) is 18.2 Å². The van der Waals surface area contributed by atoms with Crippen LogP contribution in [0.4, 0.5) is 13.2 Å². The minimum atomic E-state index is -4.82. The van der Waals surface area contributed by atoms with Crippen molar-refractivity contribution in [2.45, 2.75) is 65.8 Å². The lowest BCUT2D eigenvalue weighted by Crippen LogP contribution is -2.60. The molecule has 1 heterocycles. The zero-order valence-electron chi connectivity index (χ0n) is 22.3. The first-order valence-electron chi connectivity index (χ1n) is 11.7. The zero-order valence-corrected chi connectivity index (χ0v) is 22.3. The molecule has 210 valence electrons. The highest BCUT2D eigenvalue weighted by atomic mass is 19.4. The van der Waals surface area contributed by atoms with Gasteiger partial charge in [-0.25, -0.2) is 0 Å². The molecule has 2 rings (SSSR count). The molecule has 1 unspecified atom stereocenters. The third-order valence-electron chi connectivity index (χ3n) is 5.03. The second kappa shape index (κ2) is 12.7. The average molecular weight is 543 g/mol. The molecule has 0 spiro atoms. The molecule has 10 nitrogen and oxygen atoms in total. The summed E-state index contributed by atoms with van der Waals surface area (Å²) < 4.78 is 50.2. The number of nitrogens with zero attached hydrogens (tertiary/aromatic N) is 4. The summed E-state index contributed by atoms with van der Waals surface area (Å²) in [6, 6.07) is 6.89. The van der Waals surface area contributed by atoms with Gasteiger partial charge in [0.1, 0.15) is 24.0 Å². The number of hydrogen-bond donors (Lipinski definition) is 1. The minimum absolute atomic E-state index is 0.0688. The normalized spacial score (nSPS) is 17.1. The summed E-state index contributed by atoms with van der Waals surface area (Å²) in [6.45, 7) is 8.43. The minimum Gasteiger partial charge on any atom is -0.496 e. The topological polar surface area (TPSA) is 104 Å². The predicted octanol–water partition coefficient (Wildman–Crippen LogP) is 3.85. The number of alkyl halides is 3. The van der Waals surface area contributed by atoms with Crippen molar-refractivity contribution in [1.82, 2.24) is 14.9 Å². The van der Waals surface area contributed by atoms with E-state index in [1.807, 2.05) is 0 Å². The molecule has 0 bridgehead atoms. The molecule has 0 aromatic heterocycles. The number of amides is 2.